The third-order valence-electron chi connectivity index (χ3n) is 2.74. The Bertz CT molecular complexity index is 420. The van der Waals surface area contributed by atoms with Crippen LogP contribution in [0.25, 0.3) is 0 Å². The number of amides is 1. The molecule has 1 amide bonds. The Hall–Kier alpha value is -2.01. The number of carbonyl (C=O) groups is 2. The summed E-state index contributed by atoms with van der Waals surface area (Å²) in [7, 11) is 1.39. The lowest BCUT2D eigenvalue weighted by molar-refractivity contribution is -0.137. The first kappa shape index (κ1) is 20.0. The van der Waals surface area contributed by atoms with E-state index in [1.165, 1.54) is 7.11 Å². The summed E-state index contributed by atoms with van der Waals surface area (Å²) in [4.78, 5) is 32.9. The molecule has 0 aromatic carbocycles. The van der Waals surface area contributed by atoms with E-state index in [4.69, 9.17) is 14.6 Å². The zero-order valence-corrected chi connectivity index (χ0v) is 13.6. The van der Waals surface area contributed by atoms with Gasteiger partial charge >= 0.3 is 12.1 Å². The molecule has 7 nitrogen and oxygen atoms in total. The number of nitrogens with one attached hydrogen (secondary N) is 1. The molecular weight excluding hydrogens is 290 g/mol. The molecule has 7 heteroatoms. The molecule has 0 aliphatic heterocycles. The second-order valence-electron chi connectivity index (χ2n) is 5.90. The maximum absolute atomic E-state index is 11.8. The van der Waals surface area contributed by atoms with Crippen molar-refractivity contribution in [3.8, 4) is 0 Å². The van der Waals surface area contributed by atoms with E-state index in [1.807, 2.05) is 0 Å². The molecule has 0 saturated carbocycles. The van der Waals surface area contributed by atoms with Crippen LogP contribution in [0.4, 0.5) is 4.79 Å². The van der Waals surface area contributed by atoms with Crippen molar-refractivity contribution in [2.45, 2.75) is 64.5 Å². The van der Waals surface area contributed by atoms with E-state index >= 15 is 0 Å². The monoisotopic (exact) mass is 315 g/mol. The minimum atomic E-state index is -0.929. The molecule has 0 radical (unpaired) electrons. The maximum Gasteiger partial charge on any atom is 0.407 e. The van der Waals surface area contributed by atoms with E-state index < -0.39 is 17.7 Å². The minimum absolute atomic E-state index is 0.0544. The Kier molecular flexibility index (Phi) is 8.94. The standard InChI is InChI=1S/C15H25NO6/c1-15(2,3)22-14(20)16-11(8-9-13(18)19)6-5-7-12(10-17)21-4/h11H,5-9H2,1-4H3,(H,16,20)(H,18,19)/t11-/m0/s1. The van der Waals surface area contributed by atoms with E-state index in [2.05, 4.69) is 5.32 Å². The van der Waals surface area contributed by atoms with E-state index in [0.29, 0.717) is 25.7 Å². The van der Waals surface area contributed by atoms with Gasteiger partial charge in [0.2, 0.25) is 0 Å². The summed E-state index contributed by atoms with van der Waals surface area (Å²) in [6, 6.07) is -0.337. The highest BCUT2D eigenvalue weighted by atomic mass is 16.6. The topological polar surface area (TPSA) is 102 Å². The lowest BCUT2D eigenvalue weighted by Gasteiger charge is -2.23. The van der Waals surface area contributed by atoms with Crippen LogP contribution in [0.5, 0.6) is 0 Å². The fourth-order valence-electron chi connectivity index (χ4n) is 1.76. The molecule has 0 unspecified atom stereocenters. The first-order valence-electron chi connectivity index (χ1n) is 7.17. The van der Waals surface area contributed by atoms with Gasteiger partial charge in [0.1, 0.15) is 5.60 Å². The molecule has 0 aromatic rings. The number of hydrogen-bond acceptors (Lipinski definition) is 5. The number of carboxylic acid groups (broad SMARTS) is 1. The van der Waals surface area contributed by atoms with Crippen LogP contribution in [-0.2, 0) is 19.1 Å². The molecule has 2 N–H and O–H groups in total. The number of carbonyl (C=O) groups excluding carboxylic acids is 2. The van der Waals surface area contributed by atoms with Crippen LogP contribution in [0.3, 0.4) is 0 Å². The number of methoxy groups -OCH3 is 1. The number of ether oxygens (including phenoxy) is 2. The number of hydrogen-bond donors (Lipinski definition) is 2. The van der Waals surface area contributed by atoms with Gasteiger partial charge in [0.25, 0.3) is 0 Å². The lowest BCUT2D eigenvalue weighted by Crippen LogP contribution is -2.39. The number of carboxylic acids is 1. The third-order valence-corrected chi connectivity index (χ3v) is 2.74. The highest BCUT2D eigenvalue weighted by Crippen LogP contribution is 2.13. The predicted molar refractivity (Wildman–Crippen MR) is 80.1 cm³/mol. The highest BCUT2D eigenvalue weighted by Gasteiger charge is 2.20. The highest BCUT2D eigenvalue weighted by molar-refractivity contribution is 5.69. The summed E-state index contributed by atoms with van der Waals surface area (Å²) in [5.74, 6) is 0.960. The molecule has 0 saturated heterocycles. The summed E-state index contributed by atoms with van der Waals surface area (Å²) in [6.45, 7) is 5.25. The molecule has 22 heavy (non-hydrogen) atoms. The van der Waals surface area contributed by atoms with Crippen LogP contribution in [0.15, 0.2) is 5.76 Å². The van der Waals surface area contributed by atoms with Gasteiger partial charge in [-0.1, -0.05) is 0 Å². The average Bonchev–Trinajstić information content (AvgIpc) is 2.38. The maximum atomic E-state index is 11.8. The van der Waals surface area contributed by atoms with Gasteiger partial charge in [0.15, 0.2) is 11.7 Å². The second kappa shape index (κ2) is 9.84. The van der Waals surface area contributed by atoms with Crippen LogP contribution in [0, 0.1) is 0 Å². The quantitative estimate of drug-likeness (QED) is 0.500. The van der Waals surface area contributed by atoms with Crippen LogP contribution < -0.4 is 5.32 Å². The number of rotatable bonds is 9. The van der Waals surface area contributed by atoms with Gasteiger partial charge in [0.05, 0.1) is 7.11 Å². The number of allylic oxidation sites excluding steroid dienone is 1. The summed E-state index contributed by atoms with van der Waals surface area (Å²) in [6.07, 6.45) is 1.13. The van der Waals surface area contributed by atoms with Crippen molar-refractivity contribution < 1.29 is 29.0 Å². The van der Waals surface area contributed by atoms with Crippen molar-refractivity contribution in [2.75, 3.05) is 7.11 Å². The van der Waals surface area contributed by atoms with E-state index in [-0.39, 0.29) is 18.2 Å². The summed E-state index contributed by atoms with van der Waals surface area (Å²) in [5, 5.41) is 11.4. The van der Waals surface area contributed by atoms with Crippen LogP contribution in [-0.4, -0.2) is 41.9 Å². The van der Waals surface area contributed by atoms with Crippen molar-refractivity contribution in [1.82, 2.24) is 5.32 Å². The van der Waals surface area contributed by atoms with Crippen molar-refractivity contribution >= 4 is 18.0 Å². The third kappa shape index (κ3) is 10.7. The number of aliphatic carboxylic acids is 1. The molecule has 1 atom stereocenters. The van der Waals surface area contributed by atoms with Crippen LogP contribution in [0.2, 0.25) is 0 Å². The number of alkyl carbamates (subject to hydrolysis) is 1. The lowest BCUT2D eigenvalue weighted by atomic mass is 10.0. The molecular formula is C15H25NO6. The van der Waals surface area contributed by atoms with Crippen molar-refractivity contribution in [3.05, 3.63) is 5.76 Å². The zero-order valence-electron chi connectivity index (χ0n) is 13.6. The Balaban J connectivity index is 4.45. The van der Waals surface area contributed by atoms with E-state index in [1.54, 1.807) is 26.7 Å². The van der Waals surface area contributed by atoms with E-state index in [9.17, 15) is 14.4 Å². The van der Waals surface area contributed by atoms with Gasteiger partial charge in [-0.2, -0.15) is 0 Å². The predicted octanol–water partition coefficient (Wildman–Crippen LogP) is 2.28. The molecule has 0 aliphatic carbocycles. The first-order valence-corrected chi connectivity index (χ1v) is 7.17. The molecule has 0 aromatic heterocycles. The Morgan fingerprint density at radius 1 is 1.23 bits per heavy atom. The Morgan fingerprint density at radius 2 is 1.86 bits per heavy atom. The smallest absolute Gasteiger partial charge is 0.407 e. The molecule has 0 heterocycles. The minimum Gasteiger partial charge on any atom is -0.490 e. The van der Waals surface area contributed by atoms with Gasteiger partial charge in [-0.05, 0) is 40.0 Å². The molecule has 0 bridgehead atoms. The van der Waals surface area contributed by atoms with Crippen molar-refractivity contribution in [3.63, 3.8) is 0 Å². The second-order valence-corrected chi connectivity index (χ2v) is 5.90. The molecule has 0 spiro atoms. The fraction of sp³-hybridized carbons (Fsp3) is 0.733. The zero-order chi connectivity index (χ0) is 17.2. The Morgan fingerprint density at radius 3 is 2.32 bits per heavy atom. The Labute approximate surface area is 130 Å². The molecule has 126 valence electrons. The van der Waals surface area contributed by atoms with Crippen LogP contribution >= 0.6 is 0 Å². The molecule has 0 fully saturated rings. The van der Waals surface area contributed by atoms with Gasteiger partial charge in [0, 0.05) is 18.9 Å². The van der Waals surface area contributed by atoms with Gasteiger partial charge in [-0.15, -0.1) is 0 Å². The van der Waals surface area contributed by atoms with E-state index in [0.717, 1.165) is 0 Å². The van der Waals surface area contributed by atoms with Gasteiger partial charge in [-0.3, -0.25) is 4.79 Å². The first-order chi connectivity index (χ1) is 10.2. The molecule has 0 aliphatic rings. The van der Waals surface area contributed by atoms with Gasteiger partial charge < -0.3 is 19.9 Å². The average molecular weight is 315 g/mol. The summed E-state index contributed by atoms with van der Waals surface area (Å²) < 4.78 is 9.97. The molecule has 0 rings (SSSR count). The normalized spacial score (nSPS) is 12.0. The van der Waals surface area contributed by atoms with Crippen molar-refractivity contribution in [1.29, 1.82) is 0 Å². The fourth-order valence-corrected chi connectivity index (χ4v) is 1.76. The SMILES string of the molecule is COC(=C=O)CCC[C@@H](CCC(=O)O)NC(=O)OC(C)(C)C. The van der Waals surface area contributed by atoms with Crippen molar-refractivity contribution in [2.24, 2.45) is 0 Å². The summed E-state index contributed by atoms with van der Waals surface area (Å²) >= 11 is 0. The van der Waals surface area contributed by atoms with Gasteiger partial charge in [-0.25, -0.2) is 9.59 Å². The summed E-state index contributed by atoms with van der Waals surface area (Å²) in [5.41, 5.74) is -0.620. The van der Waals surface area contributed by atoms with Crippen LogP contribution in [0.1, 0.15) is 52.9 Å². The largest absolute Gasteiger partial charge is 0.490 e.